The summed E-state index contributed by atoms with van der Waals surface area (Å²) in [5.74, 6) is 0.887. The highest BCUT2D eigenvalue weighted by molar-refractivity contribution is 7.89. The first-order chi connectivity index (χ1) is 14.0. The molecule has 6 nitrogen and oxygen atoms in total. The van der Waals surface area contributed by atoms with E-state index in [9.17, 15) is 13.2 Å². The van der Waals surface area contributed by atoms with Crippen molar-refractivity contribution in [1.29, 1.82) is 0 Å². The monoisotopic (exact) mass is 430 g/mol. The smallest absolute Gasteiger partial charge is 0.267 e. The molecule has 2 aromatic carbocycles. The lowest BCUT2D eigenvalue weighted by atomic mass is 10.0. The lowest BCUT2D eigenvalue weighted by Crippen LogP contribution is -2.39. The van der Waals surface area contributed by atoms with Crippen LogP contribution in [0.15, 0.2) is 41.3 Å². The van der Waals surface area contributed by atoms with Crippen molar-refractivity contribution in [3.63, 3.8) is 0 Å². The van der Waals surface area contributed by atoms with Crippen LogP contribution in [0, 0.1) is 6.92 Å². The van der Waals surface area contributed by atoms with E-state index in [1.807, 2.05) is 25.1 Å². The second kappa shape index (κ2) is 8.40. The molecule has 30 heavy (non-hydrogen) atoms. The van der Waals surface area contributed by atoms with Crippen LogP contribution in [0.4, 0.5) is 5.69 Å². The van der Waals surface area contributed by atoms with E-state index in [1.165, 1.54) is 18.4 Å². The molecule has 2 aromatic rings. The normalized spacial score (nSPS) is 14.9. The van der Waals surface area contributed by atoms with E-state index in [4.69, 9.17) is 4.74 Å². The maximum atomic E-state index is 13.1. The number of aryl methyl sites for hydroxylation is 1. The summed E-state index contributed by atoms with van der Waals surface area (Å²) in [6.07, 6.45) is -0.0350. The number of benzene rings is 2. The largest absolute Gasteiger partial charge is 0.481 e. The van der Waals surface area contributed by atoms with Gasteiger partial charge in [-0.3, -0.25) is 4.79 Å². The van der Waals surface area contributed by atoms with Gasteiger partial charge in [0, 0.05) is 26.3 Å². The number of carbonyl (C=O) groups is 1. The summed E-state index contributed by atoms with van der Waals surface area (Å²) in [6.45, 7) is 8.47. The molecule has 1 heterocycles. The fraction of sp³-hybridized carbons (Fsp3) is 0.435. The molecule has 1 atom stereocenters. The van der Waals surface area contributed by atoms with E-state index in [2.05, 4.69) is 13.8 Å². The molecule has 0 saturated carbocycles. The molecule has 0 N–H and O–H groups in total. The van der Waals surface area contributed by atoms with Crippen molar-refractivity contribution in [2.24, 2.45) is 0 Å². The Balaban J connectivity index is 1.83. The summed E-state index contributed by atoms with van der Waals surface area (Å²) in [5.41, 5.74) is 3.76. The Bertz CT molecular complexity index is 1060. The van der Waals surface area contributed by atoms with E-state index in [0.29, 0.717) is 13.0 Å². The molecule has 0 fully saturated rings. The van der Waals surface area contributed by atoms with Gasteiger partial charge in [-0.2, -0.15) is 0 Å². The zero-order valence-electron chi connectivity index (χ0n) is 18.5. The Kier molecular flexibility index (Phi) is 6.24. The van der Waals surface area contributed by atoms with Gasteiger partial charge in [0.2, 0.25) is 10.0 Å². The molecular weight excluding hydrogens is 400 g/mol. The minimum atomic E-state index is -3.51. The quantitative estimate of drug-likeness (QED) is 0.700. The number of anilines is 1. The molecule has 1 unspecified atom stereocenters. The van der Waals surface area contributed by atoms with E-state index >= 15 is 0 Å². The molecule has 1 aliphatic heterocycles. The van der Waals surface area contributed by atoms with Gasteiger partial charge in [0.05, 0.1) is 4.90 Å². The van der Waals surface area contributed by atoms with E-state index in [1.54, 1.807) is 30.0 Å². The van der Waals surface area contributed by atoms with E-state index in [0.717, 1.165) is 28.1 Å². The summed E-state index contributed by atoms with van der Waals surface area (Å²) in [7, 11) is -0.489. The van der Waals surface area contributed by atoms with Crippen molar-refractivity contribution in [1.82, 2.24) is 4.31 Å². The average molecular weight is 431 g/mol. The molecule has 0 aromatic heterocycles. The van der Waals surface area contributed by atoms with Crippen LogP contribution in [0.2, 0.25) is 0 Å². The van der Waals surface area contributed by atoms with Crippen molar-refractivity contribution in [3.8, 4) is 5.75 Å². The predicted molar refractivity (Wildman–Crippen MR) is 119 cm³/mol. The van der Waals surface area contributed by atoms with Crippen LogP contribution in [-0.4, -0.2) is 45.4 Å². The third-order valence-corrected chi connectivity index (χ3v) is 7.24. The number of amides is 1. The van der Waals surface area contributed by atoms with Crippen LogP contribution in [-0.2, 0) is 21.2 Å². The summed E-state index contributed by atoms with van der Waals surface area (Å²) in [5, 5.41) is 0. The van der Waals surface area contributed by atoms with Gasteiger partial charge in [-0.05, 0) is 67.1 Å². The zero-order valence-corrected chi connectivity index (χ0v) is 19.3. The fourth-order valence-electron chi connectivity index (χ4n) is 3.66. The molecule has 0 aliphatic carbocycles. The molecule has 162 valence electrons. The topological polar surface area (TPSA) is 66.9 Å². The van der Waals surface area contributed by atoms with Gasteiger partial charge < -0.3 is 9.64 Å². The van der Waals surface area contributed by atoms with Gasteiger partial charge in [0.15, 0.2) is 6.10 Å². The van der Waals surface area contributed by atoms with Crippen molar-refractivity contribution in [2.75, 3.05) is 25.5 Å². The standard InChI is InChI=1S/C23H30N2O4S/c1-15(2)20-9-7-16(3)13-22(20)29-17(4)23(26)25-12-11-18-14-19(8-10-21(18)25)30(27,28)24(5)6/h7-10,13-15,17H,11-12H2,1-6H3. The Morgan fingerprint density at radius 1 is 1.10 bits per heavy atom. The van der Waals surface area contributed by atoms with Crippen LogP contribution in [0.5, 0.6) is 5.75 Å². The Morgan fingerprint density at radius 3 is 2.43 bits per heavy atom. The number of carbonyl (C=O) groups excluding carboxylic acids is 1. The van der Waals surface area contributed by atoms with Crippen molar-refractivity contribution < 1.29 is 17.9 Å². The maximum absolute atomic E-state index is 13.1. The van der Waals surface area contributed by atoms with Crippen molar-refractivity contribution >= 4 is 21.6 Å². The molecule has 0 radical (unpaired) electrons. The molecule has 1 amide bonds. The molecule has 0 saturated heterocycles. The highest BCUT2D eigenvalue weighted by atomic mass is 32.2. The molecule has 1 aliphatic rings. The zero-order chi connectivity index (χ0) is 22.2. The highest BCUT2D eigenvalue weighted by Crippen LogP contribution is 2.33. The number of nitrogens with zero attached hydrogens (tertiary/aromatic N) is 2. The first kappa shape index (κ1) is 22.3. The van der Waals surface area contributed by atoms with Crippen LogP contribution < -0.4 is 9.64 Å². The number of rotatable bonds is 6. The molecule has 3 rings (SSSR count). The van der Waals surface area contributed by atoms with Gasteiger partial charge in [-0.1, -0.05) is 26.0 Å². The Morgan fingerprint density at radius 2 is 1.80 bits per heavy atom. The van der Waals surface area contributed by atoms with Crippen molar-refractivity contribution in [3.05, 3.63) is 53.1 Å². The minimum Gasteiger partial charge on any atom is -0.481 e. The average Bonchev–Trinajstić information content (AvgIpc) is 3.10. The summed E-state index contributed by atoms with van der Waals surface area (Å²) < 4.78 is 32.1. The Labute approximate surface area is 179 Å². The maximum Gasteiger partial charge on any atom is 0.267 e. The second-order valence-electron chi connectivity index (χ2n) is 8.27. The predicted octanol–water partition coefficient (Wildman–Crippen LogP) is 3.73. The first-order valence-electron chi connectivity index (χ1n) is 10.2. The second-order valence-corrected chi connectivity index (χ2v) is 10.4. The number of fused-ring (bicyclic) bond motifs is 1. The third-order valence-electron chi connectivity index (χ3n) is 5.43. The highest BCUT2D eigenvalue weighted by Gasteiger charge is 2.31. The lowest BCUT2D eigenvalue weighted by molar-refractivity contribution is -0.124. The van der Waals surface area contributed by atoms with Gasteiger partial charge >= 0.3 is 0 Å². The third kappa shape index (κ3) is 4.23. The molecule has 0 bridgehead atoms. The number of hydrogen-bond acceptors (Lipinski definition) is 4. The van der Waals surface area contributed by atoms with Gasteiger partial charge in [0.25, 0.3) is 5.91 Å². The fourth-order valence-corrected chi connectivity index (χ4v) is 4.61. The van der Waals surface area contributed by atoms with Gasteiger partial charge in [-0.25, -0.2) is 12.7 Å². The SMILES string of the molecule is Cc1ccc(C(C)C)c(OC(C)C(=O)N2CCc3cc(S(=O)(=O)N(C)C)ccc32)c1. The van der Waals surface area contributed by atoms with E-state index < -0.39 is 16.1 Å². The van der Waals surface area contributed by atoms with Crippen LogP contribution in [0.25, 0.3) is 0 Å². The minimum absolute atomic E-state index is 0.131. The lowest BCUT2D eigenvalue weighted by Gasteiger charge is -2.24. The van der Waals surface area contributed by atoms with Gasteiger partial charge in [0.1, 0.15) is 5.75 Å². The van der Waals surface area contributed by atoms with Gasteiger partial charge in [-0.15, -0.1) is 0 Å². The molecular formula is C23H30N2O4S. The van der Waals surface area contributed by atoms with Crippen LogP contribution in [0.3, 0.4) is 0 Å². The number of hydrogen-bond donors (Lipinski definition) is 0. The molecule has 0 spiro atoms. The van der Waals surface area contributed by atoms with Crippen LogP contribution in [0.1, 0.15) is 43.4 Å². The summed E-state index contributed by atoms with van der Waals surface area (Å²) >= 11 is 0. The Hall–Kier alpha value is -2.38. The first-order valence-corrected chi connectivity index (χ1v) is 11.6. The van der Waals surface area contributed by atoms with Crippen molar-refractivity contribution in [2.45, 2.75) is 51.0 Å². The van der Waals surface area contributed by atoms with E-state index in [-0.39, 0.29) is 16.7 Å². The summed E-state index contributed by atoms with van der Waals surface area (Å²) in [6, 6.07) is 11.0. The number of ether oxygens (including phenoxy) is 1. The summed E-state index contributed by atoms with van der Waals surface area (Å²) in [4.78, 5) is 15.1. The molecule has 7 heteroatoms. The van der Waals surface area contributed by atoms with Crippen LogP contribution >= 0.6 is 0 Å². The number of sulfonamides is 1.